The summed E-state index contributed by atoms with van der Waals surface area (Å²) in [5.41, 5.74) is 0. The average Bonchev–Trinajstić information content (AvgIpc) is 2.34. The molecule has 3 nitrogen and oxygen atoms in total. The maximum atomic E-state index is 5.75. The molecule has 0 bridgehead atoms. The number of methoxy groups -OCH3 is 1. The molecular formula is C12H29O3P. The quantitative estimate of drug-likeness (QED) is 0.417. The second-order valence-corrected chi connectivity index (χ2v) is 9.63. The van der Waals surface area contributed by atoms with Gasteiger partial charge in [-0.2, -0.15) is 0 Å². The Kier molecular flexibility index (Phi) is 10.7. The standard InChI is InChI=1S/C12H29O3P/c1-5-16(6-2,7-3)12-15-11-10-14-9-8-13-4/h16H,5-12H2,1-4H3. The third-order valence-electron chi connectivity index (χ3n) is 3.46. The van der Waals surface area contributed by atoms with Crippen LogP contribution in [0, 0.1) is 0 Å². The fraction of sp³-hybridized carbons (Fsp3) is 1.00. The van der Waals surface area contributed by atoms with Gasteiger partial charge in [0.25, 0.3) is 0 Å². The van der Waals surface area contributed by atoms with Gasteiger partial charge in [0.15, 0.2) is 0 Å². The van der Waals surface area contributed by atoms with Crippen LogP contribution >= 0.6 is 7.26 Å². The molecule has 0 aliphatic rings. The Bertz CT molecular complexity index is 141. The molecule has 0 aromatic rings. The Morgan fingerprint density at radius 3 is 1.75 bits per heavy atom. The van der Waals surface area contributed by atoms with Gasteiger partial charge >= 0.3 is 101 Å². The molecule has 0 fully saturated rings. The third kappa shape index (κ3) is 6.80. The predicted molar refractivity (Wildman–Crippen MR) is 73.5 cm³/mol. The monoisotopic (exact) mass is 252 g/mol. The molecule has 0 spiro atoms. The van der Waals surface area contributed by atoms with E-state index < -0.39 is 7.26 Å². The third-order valence-corrected chi connectivity index (χ3v) is 8.78. The second kappa shape index (κ2) is 10.5. The molecule has 0 aliphatic heterocycles. The minimum absolute atomic E-state index is 0.664. The minimum atomic E-state index is -1.10. The summed E-state index contributed by atoms with van der Waals surface area (Å²) >= 11 is 0. The first-order chi connectivity index (χ1) is 7.74. The van der Waals surface area contributed by atoms with Gasteiger partial charge in [0.2, 0.25) is 0 Å². The molecule has 0 amide bonds. The van der Waals surface area contributed by atoms with Crippen LogP contribution in [0.5, 0.6) is 0 Å². The van der Waals surface area contributed by atoms with Crippen LogP contribution in [0.3, 0.4) is 0 Å². The summed E-state index contributed by atoms with van der Waals surface area (Å²) in [5, 5.41) is 0. The molecule has 0 aliphatic carbocycles. The molecule has 0 saturated carbocycles. The molecule has 16 heavy (non-hydrogen) atoms. The summed E-state index contributed by atoms with van der Waals surface area (Å²) in [6, 6.07) is 0. The van der Waals surface area contributed by atoms with E-state index in [4.69, 9.17) is 14.2 Å². The van der Waals surface area contributed by atoms with Crippen molar-refractivity contribution in [2.24, 2.45) is 0 Å². The van der Waals surface area contributed by atoms with E-state index in [0.29, 0.717) is 19.8 Å². The van der Waals surface area contributed by atoms with E-state index in [1.807, 2.05) is 0 Å². The van der Waals surface area contributed by atoms with Crippen molar-refractivity contribution in [2.45, 2.75) is 20.8 Å². The summed E-state index contributed by atoms with van der Waals surface area (Å²) in [6.07, 6.45) is 4.96. The first kappa shape index (κ1) is 16.3. The van der Waals surface area contributed by atoms with Gasteiger partial charge < -0.3 is 0 Å². The van der Waals surface area contributed by atoms with Crippen LogP contribution in [0.1, 0.15) is 20.8 Å². The number of hydrogen-bond donors (Lipinski definition) is 0. The molecule has 0 rings (SSSR count). The first-order valence-corrected chi connectivity index (χ1v) is 9.22. The van der Waals surface area contributed by atoms with E-state index in [0.717, 1.165) is 13.0 Å². The zero-order valence-corrected chi connectivity index (χ0v) is 12.4. The van der Waals surface area contributed by atoms with Gasteiger partial charge in [0, 0.05) is 0 Å². The summed E-state index contributed by atoms with van der Waals surface area (Å²) in [6.45, 7) is 9.64. The van der Waals surface area contributed by atoms with E-state index in [-0.39, 0.29) is 0 Å². The van der Waals surface area contributed by atoms with E-state index in [1.165, 1.54) is 18.5 Å². The van der Waals surface area contributed by atoms with E-state index in [9.17, 15) is 0 Å². The van der Waals surface area contributed by atoms with Crippen molar-refractivity contribution >= 4 is 7.26 Å². The molecule has 0 radical (unpaired) electrons. The Morgan fingerprint density at radius 2 is 1.25 bits per heavy atom. The van der Waals surface area contributed by atoms with Crippen molar-refractivity contribution in [1.82, 2.24) is 0 Å². The van der Waals surface area contributed by atoms with Crippen molar-refractivity contribution in [3.05, 3.63) is 0 Å². The average molecular weight is 252 g/mol. The van der Waals surface area contributed by atoms with E-state index in [1.54, 1.807) is 7.11 Å². The zero-order chi connectivity index (χ0) is 12.3. The van der Waals surface area contributed by atoms with Gasteiger partial charge in [-0.25, -0.2) is 0 Å². The summed E-state index contributed by atoms with van der Waals surface area (Å²) in [7, 11) is 0.589. The number of hydrogen-bond acceptors (Lipinski definition) is 3. The fourth-order valence-electron chi connectivity index (χ4n) is 1.71. The molecule has 0 N–H and O–H groups in total. The molecule has 100 valence electrons. The van der Waals surface area contributed by atoms with Crippen LogP contribution in [-0.4, -0.2) is 58.4 Å². The topological polar surface area (TPSA) is 27.7 Å². The van der Waals surface area contributed by atoms with Gasteiger partial charge in [-0.05, 0) is 0 Å². The van der Waals surface area contributed by atoms with Crippen molar-refractivity contribution in [3.8, 4) is 0 Å². The van der Waals surface area contributed by atoms with Crippen molar-refractivity contribution in [1.29, 1.82) is 0 Å². The van der Waals surface area contributed by atoms with E-state index >= 15 is 0 Å². The first-order valence-electron chi connectivity index (χ1n) is 6.39. The van der Waals surface area contributed by atoms with E-state index in [2.05, 4.69) is 20.8 Å². The van der Waals surface area contributed by atoms with Gasteiger partial charge in [0.1, 0.15) is 0 Å². The van der Waals surface area contributed by atoms with Crippen LogP contribution in [-0.2, 0) is 14.2 Å². The normalized spacial score (nSPS) is 13.0. The molecule has 0 unspecified atom stereocenters. The van der Waals surface area contributed by atoms with Crippen LogP contribution in [0.4, 0.5) is 0 Å². The SMILES string of the molecule is CC[PH](CC)(CC)COCCOCCOC. The Balaban J connectivity index is 3.48. The number of rotatable bonds is 11. The summed E-state index contributed by atoms with van der Waals surface area (Å²) < 4.78 is 16.0. The van der Waals surface area contributed by atoms with Gasteiger partial charge in [-0.3, -0.25) is 0 Å². The van der Waals surface area contributed by atoms with Crippen LogP contribution in [0.25, 0.3) is 0 Å². The Labute approximate surface area is 101 Å². The second-order valence-electron chi connectivity index (χ2n) is 4.22. The fourth-order valence-corrected chi connectivity index (χ4v) is 4.40. The summed E-state index contributed by atoms with van der Waals surface area (Å²) in [5.74, 6) is 0. The predicted octanol–water partition coefficient (Wildman–Crippen LogP) is 2.43. The zero-order valence-electron chi connectivity index (χ0n) is 11.4. The molecular weight excluding hydrogens is 223 g/mol. The van der Waals surface area contributed by atoms with Crippen LogP contribution in [0.2, 0.25) is 0 Å². The number of ether oxygens (including phenoxy) is 3. The molecule has 0 aromatic heterocycles. The van der Waals surface area contributed by atoms with Crippen molar-refractivity contribution in [2.75, 3.05) is 58.4 Å². The molecule has 0 heterocycles. The van der Waals surface area contributed by atoms with Crippen LogP contribution in [0.15, 0.2) is 0 Å². The molecule has 0 saturated heterocycles. The van der Waals surface area contributed by atoms with Gasteiger partial charge in [0.05, 0.1) is 0 Å². The maximum absolute atomic E-state index is 5.75. The van der Waals surface area contributed by atoms with Gasteiger partial charge in [-0.15, -0.1) is 0 Å². The Morgan fingerprint density at radius 1 is 0.750 bits per heavy atom. The van der Waals surface area contributed by atoms with Crippen molar-refractivity contribution in [3.63, 3.8) is 0 Å². The summed E-state index contributed by atoms with van der Waals surface area (Å²) in [4.78, 5) is 0. The van der Waals surface area contributed by atoms with Crippen molar-refractivity contribution < 1.29 is 14.2 Å². The Hall–Kier alpha value is 0.310. The van der Waals surface area contributed by atoms with Crippen LogP contribution < -0.4 is 0 Å². The molecule has 4 heteroatoms. The molecule has 0 atom stereocenters. The molecule has 0 aromatic carbocycles. The van der Waals surface area contributed by atoms with Gasteiger partial charge in [-0.1, -0.05) is 0 Å².